The second-order valence-electron chi connectivity index (χ2n) is 6.24. The molecule has 0 fully saturated rings. The van der Waals surface area contributed by atoms with Crippen LogP contribution in [0.3, 0.4) is 0 Å². The molecule has 7 nitrogen and oxygen atoms in total. The summed E-state index contributed by atoms with van der Waals surface area (Å²) in [6.45, 7) is 2.09. The molecule has 0 unspecified atom stereocenters. The lowest BCUT2D eigenvalue weighted by Gasteiger charge is -2.16. The molecule has 0 atom stereocenters. The summed E-state index contributed by atoms with van der Waals surface area (Å²) >= 11 is 1.37. The van der Waals surface area contributed by atoms with Gasteiger partial charge in [0.1, 0.15) is 21.3 Å². The number of ether oxygens (including phenoxy) is 1. The second kappa shape index (κ2) is 8.73. The van der Waals surface area contributed by atoms with Crippen LogP contribution in [0.2, 0.25) is 0 Å². The first-order valence-corrected chi connectivity index (χ1v) is 11.2. The molecule has 3 aromatic rings. The lowest BCUT2D eigenvalue weighted by Crippen LogP contribution is -2.23. The number of aromatic nitrogens is 1. The van der Waals surface area contributed by atoms with E-state index in [1.807, 2.05) is 30.3 Å². The molecular weight excluding hydrogens is 410 g/mol. The predicted molar refractivity (Wildman–Crippen MR) is 114 cm³/mol. The number of hydrogen-bond donors (Lipinski definition) is 1. The number of carbonyl (C=O) groups excluding carboxylic acids is 1. The number of amides is 1. The lowest BCUT2D eigenvalue weighted by atomic mass is 10.2. The zero-order chi connectivity index (χ0) is 21.0. The SMILES string of the molecule is CCOc1ccc(NC(=O)c2csc(-c3ccccc3)n2)cc1S(=O)(=O)N(C)C. The van der Waals surface area contributed by atoms with E-state index in [0.29, 0.717) is 12.3 Å². The molecule has 2 aromatic carbocycles. The molecule has 0 spiro atoms. The van der Waals surface area contributed by atoms with E-state index >= 15 is 0 Å². The Kier molecular flexibility index (Phi) is 6.31. The average Bonchev–Trinajstić information content (AvgIpc) is 3.20. The van der Waals surface area contributed by atoms with Crippen LogP contribution >= 0.6 is 11.3 Å². The number of benzene rings is 2. The molecule has 29 heavy (non-hydrogen) atoms. The Bertz CT molecular complexity index is 1110. The molecule has 0 aliphatic carbocycles. The zero-order valence-electron chi connectivity index (χ0n) is 16.2. The van der Waals surface area contributed by atoms with Crippen LogP contribution in [0.4, 0.5) is 5.69 Å². The topological polar surface area (TPSA) is 88.6 Å². The zero-order valence-corrected chi connectivity index (χ0v) is 17.9. The van der Waals surface area contributed by atoms with Gasteiger partial charge in [-0.1, -0.05) is 30.3 Å². The minimum Gasteiger partial charge on any atom is -0.492 e. The minimum atomic E-state index is -3.74. The predicted octanol–water partition coefficient (Wildman–Crippen LogP) is 3.71. The van der Waals surface area contributed by atoms with Crippen molar-refractivity contribution in [1.82, 2.24) is 9.29 Å². The van der Waals surface area contributed by atoms with Gasteiger partial charge in [0, 0.05) is 30.7 Å². The van der Waals surface area contributed by atoms with Crippen LogP contribution < -0.4 is 10.1 Å². The summed E-state index contributed by atoms with van der Waals surface area (Å²) in [6.07, 6.45) is 0. The number of hydrogen-bond acceptors (Lipinski definition) is 6. The van der Waals surface area contributed by atoms with Crippen molar-refractivity contribution in [2.24, 2.45) is 0 Å². The van der Waals surface area contributed by atoms with Gasteiger partial charge in [-0.05, 0) is 25.1 Å². The Morgan fingerprint density at radius 1 is 1.17 bits per heavy atom. The fourth-order valence-electron chi connectivity index (χ4n) is 2.55. The maximum atomic E-state index is 12.6. The van der Waals surface area contributed by atoms with Crippen molar-refractivity contribution >= 4 is 33.0 Å². The Hall–Kier alpha value is -2.75. The van der Waals surface area contributed by atoms with Crippen molar-refractivity contribution in [2.75, 3.05) is 26.0 Å². The summed E-state index contributed by atoms with van der Waals surface area (Å²) in [7, 11) is -0.859. The number of nitrogens with one attached hydrogen (secondary N) is 1. The van der Waals surface area contributed by atoms with Crippen molar-refractivity contribution in [3.05, 3.63) is 59.6 Å². The first-order valence-electron chi connectivity index (χ1n) is 8.84. The fraction of sp³-hybridized carbons (Fsp3) is 0.200. The summed E-state index contributed by atoms with van der Waals surface area (Å²) in [5.74, 6) is -0.181. The monoisotopic (exact) mass is 431 g/mol. The van der Waals surface area contributed by atoms with Gasteiger partial charge in [0.25, 0.3) is 5.91 Å². The van der Waals surface area contributed by atoms with Crippen LogP contribution in [-0.4, -0.2) is 44.3 Å². The molecule has 1 aromatic heterocycles. The van der Waals surface area contributed by atoms with Gasteiger partial charge in [0.05, 0.1) is 6.61 Å². The van der Waals surface area contributed by atoms with E-state index in [1.54, 1.807) is 18.4 Å². The molecule has 0 aliphatic rings. The highest BCUT2D eigenvalue weighted by molar-refractivity contribution is 7.89. The third-order valence-electron chi connectivity index (χ3n) is 4.02. The number of thiazole rings is 1. The van der Waals surface area contributed by atoms with E-state index < -0.39 is 15.9 Å². The summed E-state index contributed by atoms with van der Waals surface area (Å²) in [5.41, 5.74) is 1.53. The molecule has 1 heterocycles. The van der Waals surface area contributed by atoms with E-state index in [-0.39, 0.29) is 16.3 Å². The van der Waals surface area contributed by atoms with Gasteiger partial charge in [-0.3, -0.25) is 4.79 Å². The first-order chi connectivity index (χ1) is 13.8. The maximum absolute atomic E-state index is 12.6. The number of carbonyl (C=O) groups is 1. The van der Waals surface area contributed by atoms with Gasteiger partial charge in [-0.2, -0.15) is 0 Å². The second-order valence-corrected chi connectivity index (χ2v) is 9.22. The van der Waals surface area contributed by atoms with E-state index in [0.717, 1.165) is 14.9 Å². The summed E-state index contributed by atoms with van der Waals surface area (Å²) in [4.78, 5) is 17.0. The maximum Gasteiger partial charge on any atom is 0.275 e. The molecule has 9 heteroatoms. The van der Waals surface area contributed by atoms with Crippen LogP contribution in [-0.2, 0) is 10.0 Å². The molecule has 1 amide bonds. The van der Waals surface area contributed by atoms with Gasteiger partial charge in [-0.25, -0.2) is 17.7 Å². The van der Waals surface area contributed by atoms with E-state index in [2.05, 4.69) is 10.3 Å². The minimum absolute atomic E-state index is 0.00889. The summed E-state index contributed by atoms with van der Waals surface area (Å²) in [6, 6.07) is 14.1. The summed E-state index contributed by atoms with van der Waals surface area (Å²) in [5, 5.41) is 5.12. The quantitative estimate of drug-likeness (QED) is 0.616. The molecule has 0 aliphatic heterocycles. The van der Waals surface area contributed by atoms with E-state index in [9.17, 15) is 13.2 Å². The molecular formula is C20H21N3O4S2. The van der Waals surface area contributed by atoms with Crippen molar-refractivity contribution in [3.63, 3.8) is 0 Å². The van der Waals surface area contributed by atoms with Gasteiger partial charge in [0.2, 0.25) is 10.0 Å². The largest absolute Gasteiger partial charge is 0.492 e. The molecule has 0 radical (unpaired) electrons. The molecule has 3 rings (SSSR count). The normalized spacial score (nSPS) is 11.4. The van der Waals surface area contributed by atoms with Crippen molar-refractivity contribution in [2.45, 2.75) is 11.8 Å². The Morgan fingerprint density at radius 3 is 2.55 bits per heavy atom. The molecule has 0 saturated carbocycles. The third-order valence-corrected chi connectivity index (χ3v) is 6.75. The Balaban J connectivity index is 1.87. The highest BCUT2D eigenvalue weighted by atomic mass is 32.2. The van der Waals surface area contributed by atoms with Gasteiger partial charge >= 0.3 is 0 Å². The molecule has 1 N–H and O–H groups in total. The third kappa shape index (κ3) is 4.64. The Morgan fingerprint density at radius 2 is 1.90 bits per heavy atom. The van der Waals surface area contributed by atoms with Gasteiger partial charge in [-0.15, -0.1) is 11.3 Å². The standard InChI is InChI=1S/C20H21N3O4S2/c1-4-27-17-11-10-15(12-18(17)29(25,26)23(2)3)21-19(24)16-13-28-20(22-16)14-8-6-5-7-9-14/h5-13H,4H2,1-3H3,(H,21,24). The summed E-state index contributed by atoms with van der Waals surface area (Å²) < 4.78 is 31.8. The van der Waals surface area contributed by atoms with Crippen LogP contribution in [0, 0.1) is 0 Å². The van der Waals surface area contributed by atoms with Crippen LogP contribution in [0.25, 0.3) is 10.6 Å². The highest BCUT2D eigenvalue weighted by Crippen LogP contribution is 2.30. The molecule has 0 bridgehead atoms. The molecule has 0 saturated heterocycles. The van der Waals surface area contributed by atoms with E-state index in [1.165, 1.54) is 37.6 Å². The number of rotatable bonds is 7. The van der Waals surface area contributed by atoms with Crippen molar-refractivity contribution in [3.8, 4) is 16.3 Å². The Labute approximate surface area is 174 Å². The lowest BCUT2D eigenvalue weighted by molar-refractivity contribution is 0.102. The van der Waals surface area contributed by atoms with Crippen LogP contribution in [0.15, 0.2) is 58.8 Å². The molecule has 152 valence electrons. The van der Waals surface area contributed by atoms with Gasteiger partial charge in [0.15, 0.2) is 0 Å². The van der Waals surface area contributed by atoms with Gasteiger partial charge < -0.3 is 10.1 Å². The van der Waals surface area contributed by atoms with E-state index in [4.69, 9.17) is 4.74 Å². The highest BCUT2D eigenvalue weighted by Gasteiger charge is 2.23. The number of nitrogens with zero attached hydrogens (tertiary/aromatic N) is 2. The smallest absolute Gasteiger partial charge is 0.275 e. The van der Waals surface area contributed by atoms with Crippen molar-refractivity contribution < 1.29 is 17.9 Å². The number of sulfonamides is 1. The number of anilines is 1. The fourth-order valence-corrected chi connectivity index (χ4v) is 4.40. The first kappa shape index (κ1) is 21.0. The average molecular weight is 432 g/mol. The van der Waals surface area contributed by atoms with Crippen LogP contribution in [0.1, 0.15) is 17.4 Å². The van der Waals surface area contributed by atoms with Crippen molar-refractivity contribution in [1.29, 1.82) is 0 Å². The van der Waals surface area contributed by atoms with Crippen LogP contribution in [0.5, 0.6) is 5.75 Å².